The molecule has 6 rings (SSSR count). The quantitative estimate of drug-likeness (QED) is 0.289. The summed E-state index contributed by atoms with van der Waals surface area (Å²) in [5.74, 6) is 6.35. The Hall–Kier alpha value is -5.42. The highest BCUT2D eigenvalue weighted by Gasteiger charge is 2.24. The molecule has 4 aromatic heterocycles. The molecule has 4 heterocycles. The fourth-order valence-electron chi connectivity index (χ4n) is 4.85. The Morgan fingerprint density at radius 3 is 2.67 bits per heavy atom. The standard InChI is InChI=1S/C31H25N7O/c1-19(36-31(39)27-29-23(11-7-15-33-29)17-34-30(27)32)28-26(21-8-4-3-5-9-21)25-22(10-6-12-24(25)37-28)14-13-20-16-35-38(2)18-20/h3-12,15-19,37H,1-2H3,(H2,32,34)(H,36,39)/t19-/m0/s1. The van der Waals surface area contributed by atoms with Crippen molar-refractivity contribution in [1.29, 1.82) is 0 Å². The third-order valence-electron chi connectivity index (χ3n) is 6.64. The monoisotopic (exact) mass is 511 g/mol. The van der Waals surface area contributed by atoms with Gasteiger partial charge in [0.25, 0.3) is 5.91 Å². The first-order chi connectivity index (χ1) is 19.0. The first-order valence-electron chi connectivity index (χ1n) is 12.5. The van der Waals surface area contributed by atoms with Crippen LogP contribution in [0.5, 0.6) is 0 Å². The molecule has 39 heavy (non-hydrogen) atoms. The Balaban J connectivity index is 1.46. The van der Waals surface area contributed by atoms with Gasteiger partial charge in [-0.25, -0.2) is 4.98 Å². The van der Waals surface area contributed by atoms with Crippen LogP contribution in [0.15, 0.2) is 85.5 Å². The van der Waals surface area contributed by atoms with Crippen molar-refractivity contribution in [3.8, 4) is 23.0 Å². The van der Waals surface area contributed by atoms with Crippen molar-refractivity contribution in [2.75, 3.05) is 5.73 Å². The maximum absolute atomic E-state index is 13.5. The molecule has 8 heteroatoms. The van der Waals surface area contributed by atoms with E-state index >= 15 is 0 Å². The molecular formula is C31H25N7O. The van der Waals surface area contributed by atoms with Crippen molar-refractivity contribution in [2.45, 2.75) is 13.0 Å². The van der Waals surface area contributed by atoms with Gasteiger partial charge < -0.3 is 16.0 Å². The number of H-pyrrole nitrogens is 1. The molecule has 0 saturated heterocycles. The predicted octanol–water partition coefficient (Wildman–Crippen LogP) is 4.98. The van der Waals surface area contributed by atoms with E-state index in [-0.39, 0.29) is 17.3 Å². The molecule has 1 amide bonds. The number of anilines is 1. The second kappa shape index (κ2) is 9.80. The minimum absolute atomic E-state index is 0.138. The molecule has 0 saturated carbocycles. The maximum Gasteiger partial charge on any atom is 0.257 e. The molecule has 0 bridgehead atoms. The summed E-state index contributed by atoms with van der Waals surface area (Å²) in [5.41, 5.74) is 12.4. The highest BCUT2D eigenvalue weighted by Crippen LogP contribution is 2.37. The topological polar surface area (TPSA) is 115 Å². The lowest BCUT2D eigenvalue weighted by Gasteiger charge is -2.17. The van der Waals surface area contributed by atoms with Crippen LogP contribution in [-0.4, -0.2) is 30.6 Å². The van der Waals surface area contributed by atoms with E-state index in [1.165, 1.54) is 0 Å². The van der Waals surface area contributed by atoms with E-state index in [4.69, 9.17) is 5.73 Å². The third kappa shape index (κ3) is 4.47. The van der Waals surface area contributed by atoms with Crippen molar-refractivity contribution in [2.24, 2.45) is 7.05 Å². The lowest BCUT2D eigenvalue weighted by Crippen LogP contribution is -2.28. The highest BCUT2D eigenvalue weighted by atomic mass is 16.1. The van der Waals surface area contributed by atoms with E-state index < -0.39 is 6.04 Å². The minimum Gasteiger partial charge on any atom is -0.383 e. The van der Waals surface area contributed by atoms with Crippen LogP contribution in [0, 0.1) is 11.8 Å². The Bertz CT molecular complexity index is 1910. The second-order valence-corrected chi connectivity index (χ2v) is 9.32. The number of rotatable bonds is 4. The van der Waals surface area contributed by atoms with Gasteiger partial charge in [-0.1, -0.05) is 48.2 Å². The largest absolute Gasteiger partial charge is 0.383 e. The fourth-order valence-corrected chi connectivity index (χ4v) is 4.85. The molecule has 2 aromatic carbocycles. The number of hydrogen-bond acceptors (Lipinski definition) is 5. The molecule has 0 aliphatic rings. The van der Waals surface area contributed by atoms with Crippen LogP contribution in [0.25, 0.3) is 32.9 Å². The summed E-state index contributed by atoms with van der Waals surface area (Å²) in [4.78, 5) is 25.7. The molecule has 4 N–H and O–H groups in total. The van der Waals surface area contributed by atoms with Gasteiger partial charge in [-0.2, -0.15) is 5.10 Å². The van der Waals surface area contributed by atoms with Crippen LogP contribution < -0.4 is 11.1 Å². The number of pyridine rings is 2. The molecule has 6 aromatic rings. The number of nitrogens with zero attached hydrogens (tertiary/aromatic N) is 4. The van der Waals surface area contributed by atoms with Crippen molar-refractivity contribution < 1.29 is 4.79 Å². The van der Waals surface area contributed by atoms with Crippen LogP contribution in [0.4, 0.5) is 5.82 Å². The zero-order valence-corrected chi connectivity index (χ0v) is 21.4. The van der Waals surface area contributed by atoms with Gasteiger partial charge in [0, 0.05) is 58.7 Å². The molecule has 8 nitrogen and oxygen atoms in total. The Kier molecular flexibility index (Phi) is 6.02. The van der Waals surface area contributed by atoms with Gasteiger partial charge in [0.2, 0.25) is 0 Å². The van der Waals surface area contributed by atoms with Crippen LogP contribution in [0.3, 0.4) is 0 Å². The number of fused-ring (bicyclic) bond motifs is 2. The summed E-state index contributed by atoms with van der Waals surface area (Å²) in [7, 11) is 1.87. The van der Waals surface area contributed by atoms with Gasteiger partial charge in [0.1, 0.15) is 11.4 Å². The predicted molar refractivity (Wildman–Crippen MR) is 153 cm³/mol. The van der Waals surface area contributed by atoms with Gasteiger partial charge in [0.05, 0.1) is 23.3 Å². The maximum atomic E-state index is 13.5. The number of hydrogen-bond donors (Lipinski definition) is 3. The summed E-state index contributed by atoms with van der Waals surface area (Å²) >= 11 is 0. The van der Waals surface area contributed by atoms with E-state index in [9.17, 15) is 4.79 Å². The fraction of sp³-hybridized carbons (Fsp3) is 0.0968. The highest BCUT2D eigenvalue weighted by molar-refractivity contribution is 6.09. The summed E-state index contributed by atoms with van der Waals surface area (Å²) in [6.07, 6.45) is 6.89. The number of nitrogen functional groups attached to an aromatic ring is 1. The Labute approximate surface area is 224 Å². The van der Waals surface area contributed by atoms with Gasteiger partial charge in [-0.15, -0.1) is 0 Å². The number of carbonyl (C=O) groups excluding carboxylic acids is 1. The van der Waals surface area contributed by atoms with Crippen molar-refractivity contribution in [1.82, 2.24) is 30.0 Å². The number of benzene rings is 2. The number of carbonyl (C=O) groups is 1. The SMILES string of the molecule is C[C@H](NC(=O)c1c(N)ncc2cccnc12)c1[nH]c2cccc(C#Cc3cnn(C)c3)c2c1-c1ccccc1. The minimum atomic E-state index is -0.391. The summed E-state index contributed by atoms with van der Waals surface area (Å²) in [5, 5.41) is 9.07. The lowest BCUT2D eigenvalue weighted by molar-refractivity contribution is 0.0941. The van der Waals surface area contributed by atoms with Gasteiger partial charge in [-0.05, 0) is 36.8 Å². The summed E-state index contributed by atoms with van der Waals surface area (Å²) in [6.45, 7) is 1.94. The zero-order valence-electron chi connectivity index (χ0n) is 21.4. The number of aryl methyl sites for hydroxylation is 1. The van der Waals surface area contributed by atoms with E-state index in [1.807, 2.05) is 62.6 Å². The zero-order chi connectivity index (χ0) is 26.9. The number of nitrogens with one attached hydrogen (secondary N) is 2. The molecule has 0 aliphatic carbocycles. The molecule has 0 unspecified atom stereocenters. The van der Waals surface area contributed by atoms with Crippen LogP contribution in [0.2, 0.25) is 0 Å². The second-order valence-electron chi connectivity index (χ2n) is 9.32. The Morgan fingerprint density at radius 1 is 1.03 bits per heavy atom. The van der Waals surface area contributed by atoms with Gasteiger partial charge in [0.15, 0.2) is 0 Å². The van der Waals surface area contributed by atoms with E-state index in [2.05, 4.69) is 49.3 Å². The molecule has 0 aliphatic heterocycles. The molecule has 0 radical (unpaired) electrons. The normalized spacial score (nSPS) is 11.7. The number of amides is 1. The summed E-state index contributed by atoms with van der Waals surface area (Å²) in [6, 6.07) is 19.4. The third-order valence-corrected chi connectivity index (χ3v) is 6.64. The van der Waals surface area contributed by atoms with E-state index in [1.54, 1.807) is 29.3 Å². The van der Waals surface area contributed by atoms with Crippen LogP contribution >= 0.6 is 0 Å². The number of aromatic amines is 1. The Morgan fingerprint density at radius 2 is 1.87 bits per heavy atom. The van der Waals surface area contributed by atoms with Crippen molar-refractivity contribution >= 4 is 33.5 Å². The number of nitrogens with two attached hydrogens (primary N) is 1. The average Bonchev–Trinajstić information content (AvgIpc) is 3.56. The summed E-state index contributed by atoms with van der Waals surface area (Å²) < 4.78 is 1.73. The van der Waals surface area contributed by atoms with E-state index in [0.29, 0.717) is 5.52 Å². The molecule has 1 atom stereocenters. The van der Waals surface area contributed by atoms with Crippen LogP contribution in [-0.2, 0) is 7.05 Å². The molecule has 190 valence electrons. The number of aromatic nitrogens is 5. The van der Waals surface area contributed by atoms with Gasteiger partial charge >= 0.3 is 0 Å². The van der Waals surface area contributed by atoms with Crippen molar-refractivity contribution in [3.63, 3.8) is 0 Å². The van der Waals surface area contributed by atoms with Crippen molar-refractivity contribution in [3.05, 3.63) is 108 Å². The lowest BCUT2D eigenvalue weighted by atomic mass is 9.96. The van der Waals surface area contributed by atoms with Gasteiger partial charge in [-0.3, -0.25) is 14.5 Å². The first kappa shape index (κ1) is 23.9. The first-order valence-corrected chi connectivity index (χ1v) is 12.5. The van der Waals surface area contributed by atoms with E-state index in [0.717, 1.165) is 44.2 Å². The average molecular weight is 512 g/mol. The molecular weight excluding hydrogens is 486 g/mol. The van der Waals surface area contributed by atoms with Crippen LogP contribution in [0.1, 0.15) is 40.1 Å². The molecule has 0 fully saturated rings. The molecule has 0 spiro atoms. The smallest absolute Gasteiger partial charge is 0.257 e.